The van der Waals surface area contributed by atoms with Crippen molar-refractivity contribution in [3.05, 3.63) is 40.7 Å². The van der Waals surface area contributed by atoms with Gasteiger partial charge in [0.25, 0.3) is 0 Å². The molecular weight excluding hydrogens is 472 g/mol. The Bertz CT molecular complexity index is 1020. The van der Waals surface area contributed by atoms with Crippen molar-refractivity contribution < 1.29 is 22.3 Å². The maximum absolute atomic E-state index is 13.9. The van der Waals surface area contributed by atoms with Gasteiger partial charge in [0.05, 0.1) is 10.7 Å². The molecule has 1 aromatic carbocycles. The molecule has 0 radical (unpaired) electrons. The Morgan fingerprint density at radius 3 is 2.44 bits per heavy atom. The molecule has 3 heterocycles. The highest BCUT2D eigenvalue weighted by Crippen LogP contribution is 2.42. The molecule has 5 rings (SSSR count). The summed E-state index contributed by atoms with van der Waals surface area (Å²) in [6.07, 6.45) is -0.809. The molecule has 5 nitrogen and oxygen atoms in total. The summed E-state index contributed by atoms with van der Waals surface area (Å²) in [5.74, 6) is 0.736. The highest BCUT2D eigenvalue weighted by Gasteiger charge is 2.43. The van der Waals surface area contributed by atoms with Crippen LogP contribution < -0.4 is 5.32 Å². The molecule has 184 valence electrons. The number of rotatable bonds is 5. The lowest BCUT2D eigenvalue weighted by Gasteiger charge is -2.28. The molecule has 3 atom stereocenters. The lowest BCUT2D eigenvalue weighted by molar-refractivity contribution is -0.137. The smallest absolute Gasteiger partial charge is 0.381 e. The molecular formula is C24H27ClF4N4O. The largest absolute Gasteiger partial charge is 0.420 e. The number of nitrogens with one attached hydrogen (secondary N) is 1. The van der Waals surface area contributed by atoms with Gasteiger partial charge >= 0.3 is 6.18 Å². The monoisotopic (exact) mass is 498 g/mol. The Hall–Kier alpha value is -1.97. The van der Waals surface area contributed by atoms with E-state index in [0.717, 1.165) is 76.7 Å². The zero-order valence-corrected chi connectivity index (χ0v) is 19.4. The first-order valence-electron chi connectivity index (χ1n) is 11.7. The number of likely N-dealkylation sites (tertiary alicyclic amines) is 1. The first-order valence-corrected chi connectivity index (χ1v) is 12.1. The van der Waals surface area contributed by atoms with Crippen LogP contribution in [0.4, 0.5) is 23.4 Å². The second-order valence-corrected chi connectivity index (χ2v) is 10.1. The summed E-state index contributed by atoms with van der Waals surface area (Å²) in [6, 6.07) is 4.29. The molecule has 1 aromatic heterocycles. The topological polar surface area (TPSA) is 50.3 Å². The van der Waals surface area contributed by atoms with E-state index in [0.29, 0.717) is 17.8 Å². The van der Waals surface area contributed by atoms with Crippen molar-refractivity contribution in [3.63, 3.8) is 0 Å². The lowest BCUT2D eigenvalue weighted by atomic mass is 10.00. The van der Waals surface area contributed by atoms with E-state index < -0.39 is 17.6 Å². The van der Waals surface area contributed by atoms with Crippen LogP contribution in [0.25, 0.3) is 11.3 Å². The summed E-state index contributed by atoms with van der Waals surface area (Å²) in [7, 11) is 0. The molecule has 1 unspecified atom stereocenters. The van der Waals surface area contributed by atoms with Gasteiger partial charge < -0.3 is 15.0 Å². The van der Waals surface area contributed by atoms with Gasteiger partial charge in [-0.15, -0.1) is 10.2 Å². The Morgan fingerprint density at radius 1 is 1.06 bits per heavy atom. The molecule has 3 aliphatic rings. The van der Waals surface area contributed by atoms with Crippen molar-refractivity contribution >= 4 is 17.4 Å². The van der Waals surface area contributed by atoms with E-state index in [1.807, 2.05) is 0 Å². The number of aromatic nitrogens is 2. The van der Waals surface area contributed by atoms with Crippen LogP contribution in [0, 0.1) is 23.6 Å². The first-order chi connectivity index (χ1) is 16.3. The Morgan fingerprint density at radius 2 is 1.76 bits per heavy atom. The number of benzene rings is 1. The van der Waals surface area contributed by atoms with Crippen LogP contribution in [-0.2, 0) is 10.9 Å². The minimum Gasteiger partial charge on any atom is -0.381 e. The molecule has 0 spiro atoms. The molecule has 10 heteroatoms. The van der Waals surface area contributed by atoms with Gasteiger partial charge in [-0.3, -0.25) is 0 Å². The summed E-state index contributed by atoms with van der Waals surface area (Å²) in [4.78, 5) is 2.51. The second-order valence-electron chi connectivity index (χ2n) is 9.72. The molecule has 1 aliphatic carbocycles. The summed E-state index contributed by atoms with van der Waals surface area (Å²) < 4.78 is 60.7. The average molecular weight is 499 g/mol. The molecule has 1 saturated carbocycles. The predicted molar refractivity (Wildman–Crippen MR) is 121 cm³/mol. The summed E-state index contributed by atoms with van der Waals surface area (Å²) >= 11 is 6.06. The zero-order chi connectivity index (χ0) is 23.9. The van der Waals surface area contributed by atoms with Crippen molar-refractivity contribution in [2.24, 2.45) is 17.8 Å². The van der Waals surface area contributed by atoms with Crippen LogP contribution in [-0.4, -0.2) is 54.0 Å². The number of alkyl halides is 3. The van der Waals surface area contributed by atoms with E-state index in [-0.39, 0.29) is 28.1 Å². The number of hydrogen-bond donors (Lipinski definition) is 1. The fourth-order valence-corrected chi connectivity index (χ4v) is 5.91. The van der Waals surface area contributed by atoms with Gasteiger partial charge in [-0.1, -0.05) is 11.6 Å². The molecule has 34 heavy (non-hydrogen) atoms. The molecule has 2 saturated heterocycles. The molecule has 1 N–H and O–H groups in total. The molecule has 0 bridgehead atoms. The average Bonchev–Trinajstić information content (AvgIpc) is 3.33. The second kappa shape index (κ2) is 9.59. The SMILES string of the molecule is Fc1ccc(Cl)c(-c2cc(C(F)(F)F)c(NC3C[C@@H]4CN(CC5CCOCC5)C[C@@H]4C3)nn2)c1. The Balaban J connectivity index is 1.26. The van der Waals surface area contributed by atoms with E-state index in [2.05, 4.69) is 20.4 Å². The van der Waals surface area contributed by atoms with Crippen LogP contribution in [0.2, 0.25) is 5.02 Å². The predicted octanol–water partition coefficient (Wildman–Crippen LogP) is 5.50. The van der Waals surface area contributed by atoms with Crippen LogP contribution in [0.1, 0.15) is 31.2 Å². The minimum absolute atomic E-state index is 0.0752. The van der Waals surface area contributed by atoms with Crippen LogP contribution in [0.5, 0.6) is 0 Å². The first kappa shape index (κ1) is 23.8. The van der Waals surface area contributed by atoms with Crippen LogP contribution >= 0.6 is 11.6 Å². The molecule has 3 fully saturated rings. The van der Waals surface area contributed by atoms with E-state index in [1.165, 1.54) is 6.07 Å². The highest BCUT2D eigenvalue weighted by atomic mass is 35.5. The van der Waals surface area contributed by atoms with Crippen molar-refractivity contribution in [2.45, 2.75) is 37.9 Å². The van der Waals surface area contributed by atoms with Crippen molar-refractivity contribution in [2.75, 3.05) is 38.2 Å². The van der Waals surface area contributed by atoms with Crippen LogP contribution in [0.15, 0.2) is 24.3 Å². The summed E-state index contributed by atoms with van der Waals surface area (Å²) in [6.45, 7) is 4.75. The number of halogens is 5. The third-order valence-corrected chi connectivity index (χ3v) is 7.66. The number of hydrogen-bond acceptors (Lipinski definition) is 5. The lowest BCUT2D eigenvalue weighted by Crippen LogP contribution is -2.32. The third-order valence-electron chi connectivity index (χ3n) is 7.33. The van der Waals surface area contributed by atoms with E-state index in [9.17, 15) is 17.6 Å². The van der Waals surface area contributed by atoms with Gasteiger partial charge in [0, 0.05) is 44.5 Å². The van der Waals surface area contributed by atoms with Gasteiger partial charge in [-0.25, -0.2) is 4.39 Å². The quantitative estimate of drug-likeness (QED) is 0.551. The normalized spacial score (nSPS) is 26.1. The molecule has 0 amide bonds. The van der Waals surface area contributed by atoms with Crippen molar-refractivity contribution in [1.82, 2.24) is 15.1 Å². The zero-order valence-electron chi connectivity index (χ0n) is 18.6. The van der Waals surface area contributed by atoms with Crippen molar-refractivity contribution in [1.29, 1.82) is 0 Å². The van der Waals surface area contributed by atoms with Gasteiger partial charge in [0.1, 0.15) is 11.4 Å². The van der Waals surface area contributed by atoms with Crippen molar-refractivity contribution in [3.8, 4) is 11.3 Å². The Kier molecular flexibility index (Phi) is 6.70. The minimum atomic E-state index is -4.64. The number of fused-ring (bicyclic) bond motifs is 1. The molecule has 2 aliphatic heterocycles. The van der Waals surface area contributed by atoms with E-state index >= 15 is 0 Å². The maximum Gasteiger partial charge on any atom is 0.420 e. The van der Waals surface area contributed by atoms with Gasteiger partial charge in [-0.2, -0.15) is 13.2 Å². The van der Waals surface area contributed by atoms with E-state index in [1.54, 1.807) is 0 Å². The fraction of sp³-hybridized carbons (Fsp3) is 0.583. The van der Waals surface area contributed by atoms with Crippen LogP contribution in [0.3, 0.4) is 0 Å². The van der Waals surface area contributed by atoms with Gasteiger partial charge in [0.15, 0.2) is 5.82 Å². The number of anilines is 1. The maximum atomic E-state index is 13.9. The third kappa shape index (κ3) is 5.16. The number of nitrogens with zero attached hydrogens (tertiary/aromatic N) is 3. The summed E-state index contributed by atoms with van der Waals surface area (Å²) in [5, 5.41) is 10.9. The highest BCUT2D eigenvalue weighted by molar-refractivity contribution is 6.33. The van der Waals surface area contributed by atoms with Gasteiger partial charge in [-0.05, 0) is 67.7 Å². The standard InChI is InChI=1S/C24H27ClF4N4O/c25-21-2-1-17(26)9-19(21)22-10-20(24(27,28)29)23(32-31-22)30-18-7-15-12-33(13-16(15)8-18)11-14-3-5-34-6-4-14/h1-2,9-10,14-16,18H,3-8,11-13H2,(H,30,32)/t15-,16+,18?. The fourth-order valence-electron chi connectivity index (χ4n) is 5.69. The Labute approximate surface area is 200 Å². The summed E-state index contributed by atoms with van der Waals surface area (Å²) in [5.41, 5.74) is -0.961. The number of ether oxygens (including phenoxy) is 1. The molecule has 2 aromatic rings. The van der Waals surface area contributed by atoms with E-state index in [4.69, 9.17) is 16.3 Å². The van der Waals surface area contributed by atoms with Gasteiger partial charge in [0.2, 0.25) is 0 Å².